The molecule has 1 aromatic carbocycles. The number of nitrogen functional groups attached to an aromatic ring is 1. The number of hydrogen-bond acceptors (Lipinski definition) is 4. The lowest BCUT2D eigenvalue weighted by Gasteiger charge is -1.90. The molecule has 82 valence electrons. The Bertz CT molecular complexity index is 548. The third kappa shape index (κ3) is 2.51. The third-order valence-electron chi connectivity index (χ3n) is 2.14. The van der Waals surface area contributed by atoms with Gasteiger partial charge >= 0.3 is 0 Å². The minimum Gasteiger partial charge on any atom is -0.375 e. The Labute approximate surface area is 98.7 Å². The fourth-order valence-electron chi connectivity index (χ4n) is 1.37. The van der Waals surface area contributed by atoms with E-state index in [2.05, 4.69) is 22.1 Å². The molecule has 0 aliphatic rings. The molecule has 0 fully saturated rings. The van der Waals surface area contributed by atoms with Crippen molar-refractivity contribution in [3.8, 4) is 11.8 Å². The van der Waals surface area contributed by atoms with Crippen molar-refractivity contribution >= 4 is 26.7 Å². The SMILES string of the molecule is CNCCC#Cc1ccc2nc(N)sc2c1. The Balaban J connectivity index is 2.21. The van der Waals surface area contributed by atoms with Crippen LogP contribution in [-0.4, -0.2) is 18.6 Å². The molecule has 3 N–H and O–H groups in total. The average Bonchev–Trinajstić information content (AvgIpc) is 2.64. The van der Waals surface area contributed by atoms with Crippen molar-refractivity contribution < 1.29 is 0 Å². The molecule has 0 radical (unpaired) electrons. The Hall–Kier alpha value is -1.57. The fraction of sp³-hybridized carbons (Fsp3) is 0.250. The summed E-state index contributed by atoms with van der Waals surface area (Å²) in [5.74, 6) is 6.24. The van der Waals surface area contributed by atoms with E-state index in [9.17, 15) is 0 Å². The summed E-state index contributed by atoms with van der Waals surface area (Å²) in [4.78, 5) is 4.20. The van der Waals surface area contributed by atoms with E-state index in [1.807, 2.05) is 25.2 Å². The first-order valence-electron chi connectivity index (χ1n) is 5.09. The van der Waals surface area contributed by atoms with Crippen LogP contribution in [0.15, 0.2) is 18.2 Å². The molecule has 1 aromatic heterocycles. The number of rotatable bonds is 2. The van der Waals surface area contributed by atoms with Crippen molar-refractivity contribution in [3.05, 3.63) is 23.8 Å². The number of benzene rings is 1. The molecule has 0 amide bonds. The summed E-state index contributed by atoms with van der Waals surface area (Å²) in [7, 11) is 1.92. The molecular formula is C12H13N3S. The van der Waals surface area contributed by atoms with Crippen molar-refractivity contribution in [2.45, 2.75) is 6.42 Å². The van der Waals surface area contributed by atoms with E-state index >= 15 is 0 Å². The van der Waals surface area contributed by atoms with E-state index in [4.69, 9.17) is 5.73 Å². The van der Waals surface area contributed by atoms with Crippen LogP contribution >= 0.6 is 11.3 Å². The molecule has 0 unspecified atom stereocenters. The highest BCUT2D eigenvalue weighted by atomic mass is 32.1. The van der Waals surface area contributed by atoms with Gasteiger partial charge < -0.3 is 11.1 Å². The lowest BCUT2D eigenvalue weighted by Crippen LogP contribution is -2.05. The van der Waals surface area contributed by atoms with Crippen molar-refractivity contribution in [2.24, 2.45) is 0 Å². The van der Waals surface area contributed by atoms with Crippen LogP contribution in [0.3, 0.4) is 0 Å². The zero-order valence-corrected chi connectivity index (χ0v) is 9.90. The van der Waals surface area contributed by atoms with Gasteiger partial charge in [0.25, 0.3) is 0 Å². The maximum atomic E-state index is 5.64. The van der Waals surface area contributed by atoms with Crippen LogP contribution in [0.5, 0.6) is 0 Å². The summed E-state index contributed by atoms with van der Waals surface area (Å²) < 4.78 is 1.10. The van der Waals surface area contributed by atoms with Crippen LogP contribution in [0.1, 0.15) is 12.0 Å². The van der Waals surface area contributed by atoms with Crippen LogP contribution in [0.2, 0.25) is 0 Å². The smallest absolute Gasteiger partial charge is 0.181 e. The molecule has 0 bridgehead atoms. The minimum absolute atomic E-state index is 0.607. The molecule has 1 heterocycles. The number of hydrogen-bond donors (Lipinski definition) is 2. The third-order valence-corrected chi connectivity index (χ3v) is 2.99. The molecule has 0 aliphatic carbocycles. The molecule has 2 rings (SSSR count). The molecule has 0 atom stereocenters. The van der Waals surface area contributed by atoms with E-state index in [1.54, 1.807) is 0 Å². The molecule has 4 heteroatoms. The molecule has 2 aromatic rings. The van der Waals surface area contributed by atoms with Gasteiger partial charge in [0.15, 0.2) is 5.13 Å². The highest BCUT2D eigenvalue weighted by molar-refractivity contribution is 7.22. The predicted octanol–water partition coefficient (Wildman–Crippen LogP) is 1.84. The average molecular weight is 231 g/mol. The summed E-state index contributed by atoms with van der Waals surface area (Å²) in [6, 6.07) is 5.98. The molecule has 0 saturated carbocycles. The first kappa shape index (κ1) is 10.9. The first-order chi connectivity index (χ1) is 7.79. The quantitative estimate of drug-likeness (QED) is 0.612. The van der Waals surface area contributed by atoms with Crippen LogP contribution in [0, 0.1) is 11.8 Å². The minimum atomic E-state index is 0.607. The number of nitrogens with two attached hydrogens (primary N) is 1. The van der Waals surface area contributed by atoms with Gasteiger partial charge in [0, 0.05) is 18.5 Å². The van der Waals surface area contributed by atoms with Crippen LogP contribution in [0.25, 0.3) is 10.2 Å². The number of anilines is 1. The predicted molar refractivity (Wildman–Crippen MR) is 69.5 cm³/mol. The van der Waals surface area contributed by atoms with Crippen molar-refractivity contribution in [1.29, 1.82) is 0 Å². The maximum absolute atomic E-state index is 5.64. The van der Waals surface area contributed by atoms with E-state index in [1.165, 1.54) is 11.3 Å². The van der Waals surface area contributed by atoms with Crippen molar-refractivity contribution in [2.75, 3.05) is 19.3 Å². The summed E-state index contributed by atoms with van der Waals surface area (Å²) in [5.41, 5.74) is 7.61. The summed E-state index contributed by atoms with van der Waals surface area (Å²) in [6.45, 7) is 0.919. The maximum Gasteiger partial charge on any atom is 0.181 e. The summed E-state index contributed by atoms with van der Waals surface area (Å²) >= 11 is 1.50. The fourth-order valence-corrected chi connectivity index (χ4v) is 2.15. The second kappa shape index (κ2) is 4.97. The molecule has 0 spiro atoms. The number of thiazole rings is 1. The Morgan fingerprint density at radius 1 is 1.50 bits per heavy atom. The summed E-state index contributed by atoms with van der Waals surface area (Å²) in [5, 5.41) is 3.67. The van der Waals surface area contributed by atoms with Gasteiger partial charge in [0.05, 0.1) is 10.2 Å². The lowest BCUT2D eigenvalue weighted by atomic mass is 10.2. The van der Waals surface area contributed by atoms with Crippen LogP contribution in [-0.2, 0) is 0 Å². The van der Waals surface area contributed by atoms with Crippen molar-refractivity contribution in [1.82, 2.24) is 10.3 Å². The van der Waals surface area contributed by atoms with Crippen LogP contribution < -0.4 is 11.1 Å². The standard InChI is InChI=1S/C12H13N3S/c1-14-7-3-2-4-9-5-6-10-11(8-9)16-12(13)15-10/h5-6,8,14H,3,7H2,1H3,(H2,13,15). The van der Waals surface area contributed by atoms with Gasteiger partial charge in [-0.25, -0.2) is 4.98 Å². The zero-order chi connectivity index (χ0) is 11.4. The topological polar surface area (TPSA) is 50.9 Å². The van der Waals surface area contributed by atoms with Gasteiger partial charge in [-0.05, 0) is 25.2 Å². The Morgan fingerprint density at radius 3 is 3.19 bits per heavy atom. The van der Waals surface area contributed by atoms with E-state index < -0.39 is 0 Å². The zero-order valence-electron chi connectivity index (χ0n) is 9.08. The van der Waals surface area contributed by atoms with Gasteiger partial charge in [0.1, 0.15) is 0 Å². The molecule has 3 nitrogen and oxygen atoms in total. The summed E-state index contributed by atoms with van der Waals surface area (Å²) in [6.07, 6.45) is 0.860. The van der Waals surface area contributed by atoms with Gasteiger partial charge in [-0.1, -0.05) is 23.2 Å². The monoisotopic (exact) mass is 231 g/mol. The lowest BCUT2D eigenvalue weighted by molar-refractivity contribution is 0.818. The number of nitrogens with one attached hydrogen (secondary N) is 1. The number of fused-ring (bicyclic) bond motifs is 1. The first-order valence-corrected chi connectivity index (χ1v) is 5.91. The van der Waals surface area contributed by atoms with E-state index in [-0.39, 0.29) is 0 Å². The Kier molecular flexibility index (Phi) is 3.40. The number of nitrogens with zero attached hydrogens (tertiary/aromatic N) is 1. The molecule has 16 heavy (non-hydrogen) atoms. The number of aromatic nitrogens is 1. The molecule has 0 saturated heterocycles. The normalized spacial score (nSPS) is 10.1. The van der Waals surface area contributed by atoms with Crippen LogP contribution in [0.4, 0.5) is 5.13 Å². The Morgan fingerprint density at radius 2 is 2.38 bits per heavy atom. The second-order valence-electron chi connectivity index (χ2n) is 3.39. The molecular weight excluding hydrogens is 218 g/mol. The van der Waals surface area contributed by atoms with Crippen molar-refractivity contribution in [3.63, 3.8) is 0 Å². The van der Waals surface area contributed by atoms with Gasteiger partial charge in [0.2, 0.25) is 0 Å². The van der Waals surface area contributed by atoms with Gasteiger partial charge in [-0.3, -0.25) is 0 Å². The van der Waals surface area contributed by atoms with Gasteiger partial charge in [-0.2, -0.15) is 0 Å². The largest absolute Gasteiger partial charge is 0.375 e. The van der Waals surface area contributed by atoms with E-state index in [0.717, 1.165) is 28.7 Å². The van der Waals surface area contributed by atoms with E-state index in [0.29, 0.717) is 5.13 Å². The highest BCUT2D eigenvalue weighted by Gasteiger charge is 2.00. The second-order valence-corrected chi connectivity index (χ2v) is 4.45. The van der Waals surface area contributed by atoms with Gasteiger partial charge in [-0.15, -0.1) is 0 Å². The highest BCUT2D eigenvalue weighted by Crippen LogP contribution is 2.24. The molecule has 0 aliphatic heterocycles.